The van der Waals surface area contributed by atoms with Gasteiger partial charge in [0.2, 0.25) is 0 Å². The summed E-state index contributed by atoms with van der Waals surface area (Å²) in [6.45, 7) is 7.48. The Bertz CT molecular complexity index is 259. The maximum absolute atomic E-state index is 5.36. The molecule has 16 heavy (non-hydrogen) atoms. The van der Waals surface area contributed by atoms with Crippen molar-refractivity contribution in [1.29, 1.82) is 0 Å². The highest BCUT2D eigenvalue weighted by molar-refractivity contribution is 4.98. The summed E-state index contributed by atoms with van der Waals surface area (Å²) in [6, 6.07) is 4.55. The van der Waals surface area contributed by atoms with Crippen LogP contribution in [-0.4, -0.2) is 31.1 Å². The van der Waals surface area contributed by atoms with E-state index >= 15 is 0 Å². The van der Waals surface area contributed by atoms with Crippen LogP contribution in [-0.2, 0) is 6.54 Å². The van der Waals surface area contributed by atoms with Crippen LogP contribution in [0.25, 0.3) is 0 Å². The Balaban J connectivity index is 2.33. The molecule has 3 nitrogen and oxygen atoms in total. The second kappa shape index (κ2) is 7.47. The fourth-order valence-corrected chi connectivity index (χ4v) is 1.83. The summed E-state index contributed by atoms with van der Waals surface area (Å²) in [5.41, 5.74) is 0. The quantitative estimate of drug-likeness (QED) is 0.688. The van der Waals surface area contributed by atoms with Gasteiger partial charge in [-0.25, -0.2) is 0 Å². The van der Waals surface area contributed by atoms with Gasteiger partial charge in [0.25, 0.3) is 0 Å². The number of hydrogen-bond acceptors (Lipinski definition) is 3. The van der Waals surface area contributed by atoms with E-state index in [9.17, 15) is 0 Å². The molecular formula is C13H24N2O. The Morgan fingerprint density at radius 2 is 2.25 bits per heavy atom. The maximum atomic E-state index is 5.36. The van der Waals surface area contributed by atoms with Gasteiger partial charge in [-0.3, -0.25) is 4.90 Å². The molecule has 0 radical (unpaired) electrons. The third kappa shape index (κ3) is 4.37. The van der Waals surface area contributed by atoms with Gasteiger partial charge in [0.1, 0.15) is 5.76 Å². The predicted molar refractivity (Wildman–Crippen MR) is 67.4 cm³/mol. The predicted octanol–water partition coefficient (Wildman–Crippen LogP) is 2.49. The summed E-state index contributed by atoms with van der Waals surface area (Å²) < 4.78 is 5.36. The first-order valence-corrected chi connectivity index (χ1v) is 6.21. The number of rotatable bonds is 8. The van der Waals surface area contributed by atoms with Gasteiger partial charge in [-0.2, -0.15) is 0 Å². The third-order valence-corrected chi connectivity index (χ3v) is 2.89. The number of furan rings is 1. The van der Waals surface area contributed by atoms with Crippen LogP contribution in [0.5, 0.6) is 0 Å². The molecule has 0 saturated carbocycles. The highest BCUT2D eigenvalue weighted by Gasteiger charge is 2.13. The molecule has 1 unspecified atom stereocenters. The van der Waals surface area contributed by atoms with Gasteiger partial charge in [-0.1, -0.05) is 13.8 Å². The molecule has 1 atom stereocenters. The maximum Gasteiger partial charge on any atom is 0.117 e. The van der Waals surface area contributed by atoms with E-state index in [0.29, 0.717) is 6.04 Å². The van der Waals surface area contributed by atoms with E-state index in [2.05, 4.69) is 31.1 Å². The van der Waals surface area contributed by atoms with Crippen LogP contribution in [0, 0.1) is 0 Å². The average Bonchev–Trinajstić information content (AvgIpc) is 2.77. The van der Waals surface area contributed by atoms with Crippen molar-refractivity contribution in [1.82, 2.24) is 10.2 Å². The van der Waals surface area contributed by atoms with Gasteiger partial charge in [0.15, 0.2) is 0 Å². The van der Waals surface area contributed by atoms with Crippen LogP contribution in [0.15, 0.2) is 22.8 Å². The smallest absolute Gasteiger partial charge is 0.117 e. The lowest BCUT2D eigenvalue weighted by molar-refractivity contribution is 0.206. The first-order valence-electron chi connectivity index (χ1n) is 6.21. The van der Waals surface area contributed by atoms with Crippen LogP contribution in [0.4, 0.5) is 0 Å². The molecule has 0 bridgehead atoms. The monoisotopic (exact) mass is 224 g/mol. The van der Waals surface area contributed by atoms with E-state index in [1.165, 1.54) is 6.42 Å². The van der Waals surface area contributed by atoms with Crippen LogP contribution >= 0.6 is 0 Å². The molecule has 0 saturated heterocycles. The van der Waals surface area contributed by atoms with E-state index in [-0.39, 0.29) is 0 Å². The van der Waals surface area contributed by atoms with Crippen LogP contribution in [0.1, 0.15) is 32.4 Å². The van der Waals surface area contributed by atoms with Gasteiger partial charge >= 0.3 is 0 Å². The second-order valence-electron chi connectivity index (χ2n) is 4.26. The summed E-state index contributed by atoms with van der Waals surface area (Å²) in [5, 5.41) is 3.47. The van der Waals surface area contributed by atoms with Gasteiger partial charge in [0, 0.05) is 12.6 Å². The van der Waals surface area contributed by atoms with Gasteiger partial charge < -0.3 is 9.73 Å². The first-order chi connectivity index (χ1) is 7.77. The molecule has 1 rings (SSSR count). The van der Waals surface area contributed by atoms with Crippen molar-refractivity contribution < 1.29 is 4.42 Å². The van der Waals surface area contributed by atoms with Gasteiger partial charge in [-0.05, 0) is 38.6 Å². The van der Waals surface area contributed by atoms with E-state index in [1.807, 2.05) is 12.1 Å². The zero-order chi connectivity index (χ0) is 11.8. The zero-order valence-electron chi connectivity index (χ0n) is 10.7. The highest BCUT2D eigenvalue weighted by atomic mass is 16.3. The molecule has 1 heterocycles. The molecule has 0 amide bonds. The van der Waals surface area contributed by atoms with Gasteiger partial charge in [-0.15, -0.1) is 0 Å². The second-order valence-corrected chi connectivity index (χ2v) is 4.26. The molecule has 1 aromatic heterocycles. The van der Waals surface area contributed by atoms with Crippen molar-refractivity contribution in [2.75, 3.05) is 20.1 Å². The summed E-state index contributed by atoms with van der Waals surface area (Å²) in [6.07, 6.45) is 4.09. The fourth-order valence-electron chi connectivity index (χ4n) is 1.83. The Morgan fingerprint density at radius 1 is 1.44 bits per heavy atom. The lowest BCUT2D eigenvalue weighted by Gasteiger charge is -2.26. The highest BCUT2D eigenvalue weighted by Crippen LogP contribution is 2.08. The molecular weight excluding hydrogens is 200 g/mol. The molecule has 1 N–H and O–H groups in total. The van der Waals surface area contributed by atoms with Gasteiger partial charge in [0.05, 0.1) is 12.8 Å². The lowest BCUT2D eigenvalue weighted by Crippen LogP contribution is -2.39. The van der Waals surface area contributed by atoms with Crippen LogP contribution in [0.2, 0.25) is 0 Å². The largest absolute Gasteiger partial charge is 0.468 e. The molecule has 3 heteroatoms. The summed E-state index contributed by atoms with van der Waals surface area (Å²) in [5.74, 6) is 1.04. The Kier molecular flexibility index (Phi) is 6.19. The Hall–Kier alpha value is -0.800. The molecule has 0 spiro atoms. The minimum Gasteiger partial charge on any atom is -0.468 e. The minimum absolute atomic E-state index is 0.580. The SMILES string of the molecule is CCCNCC(CC)N(C)Cc1ccco1. The van der Waals surface area contributed by atoms with Crippen molar-refractivity contribution in [3.05, 3.63) is 24.2 Å². The normalized spacial score (nSPS) is 13.2. The van der Waals surface area contributed by atoms with E-state index in [0.717, 1.165) is 31.8 Å². The van der Waals surface area contributed by atoms with E-state index in [4.69, 9.17) is 4.42 Å². The number of likely N-dealkylation sites (N-methyl/N-ethyl adjacent to an activating group) is 1. The summed E-state index contributed by atoms with van der Waals surface area (Å²) in [4.78, 5) is 2.35. The third-order valence-electron chi connectivity index (χ3n) is 2.89. The number of hydrogen-bond donors (Lipinski definition) is 1. The molecule has 92 valence electrons. The van der Waals surface area contributed by atoms with Crippen molar-refractivity contribution in [2.45, 2.75) is 39.3 Å². The van der Waals surface area contributed by atoms with Crippen molar-refractivity contribution in [3.8, 4) is 0 Å². The number of nitrogens with zero attached hydrogens (tertiary/aromatic N) is 1. The molecule has 0 aliphatic rings. The van der Waals surface area contributed by atoms with E-state index in [1.54, 1.807) is 6.26 Å². The summed E-state index contributed by atoms with van der Waals surface area (Å²) in [7, 11) is 2.16. The van der Waals surface area contributed by atoms with Crippen LogP contribution < -0.4 is 5.32 Å². The topological polar surface area (TPSA) is 28.4 Å². The standard InChI is InChI=1S/C13H24N2O/c1-4-8-14-10-12(5-2)15(3)11-13-7-6-9-16-13/h6-7,9,12,14H,4-5,8,10-11H2,1-3H3. The minimum atomic E-state index is 0.580. The summed E-state index contributed by atoms with van der Waals surface area (Å²) >= 11 is 0. The first kappa shape index (κ1) is 13.3. The Labute approximate surface area is 98.8 Å². The molecule has 0 aliphatic heterocycles. The zero-order valence-corrected chi connectivity index (χ0v) is 10.7. The van der Waals surface area contributed by atoms with Crippen molar-refractivity contribution >= 4 is 0 Å². The van der Waals surface area contributed by atoms with Crippen molar-refractivity contribution in [2.24, 2.45) is 0 Å². The molecule has 0 fully saturated rings. The molecule has 0 aromatic carbocycles. The van der Waals surface area contributed by atoms with E-state index < -0.39 is 0 Å². The fraction of sp³-hybridized carbons (Fsp3) is 0.692. The lowest BCUT2D eigenvalue weighted by atomic mass is 10.2. The Morgan fingerprint density at radius 3 is 2.81 bits per heavy atom. The average molecular weight is 224 g/mol. The van der Waals surface area contributed by atoms with Crippen LogP contribution in [0.3, 0.4) is 0 Å². The molecule has 1 aromatic rings. The van der Waals surface area contributed by atoms with Crippen molar-refractivity contribution in [3.63, 3.8) is 0 Å². The molecule has 0 aliphatic carbocycles. The number of nitrogens with one attached hydrogen (secondary N) is 1.